The molecule has 1 unspecified atom stereocenters. The van der Waals surface area contributed by atoms with E-state index in [4.69, 9.17) is 18.9 Å². The van der Waals surface area contributed by atoms with E-state index in [1.54, 1.807) is 0 Å². The second-order valence-electron chi connectivity index (χ2n) is 7.05. The van der Waals surface area contributed by atoms with E-state index in [2.05, 4.69) is 6.92 Å². The van der Waals surface area contributed by atoms with E-state index in [1.165, 1.54) is 0 Å². The van der Waals surface area contributed by atoms with Gasteiger partial charge < -0.3 is 24.1 Å². The lowest BCUT2D eigenvalue weighted by Crippen LogP contribution is -2.46. The molecule has 0 radical (unpaired) electrons. The van der Waals surface area contributed by atoms with E-state index in [1.807, 2.05) is 44.2 Å². The van der Waals surface area contributed by atoms with Crippen LogP contribution in [0.3, 0.4) is 0 Å². The van der Waals surface area contributed by atoms with E-state index in [9.17, 15) is 5.11 Å². The summed E-state index contributed by atoms with van der Waals surface area (Å²) in [5.74, 6) is -0.666. The first-order valence-corrected chi connectivity index (χ1v) is 8.79. The van der Waals surface area contributed by atoms with Gasteiger partial charge in [0, 0.05) is 6.61 Å². The zero-order valence-electron chi connectivity index (χ0n) is 14.7. The lowest BCUT2D eigenvalue weighted by molar-refractivity contribution is -0.247. The monoisotopic (exact) mass is 336 g/mol. The molecule has 0 saturated carbocycles. The molecule has 0 spiro atoms. The third-order valence-corrected chi connectivity index (χ3v) is 4.88. The predicted octanol–water partition coefficient (Wildman–Crippen LogP) is 3.00. The van der Waals surface area contributed by atoms with Gasteiger partial charge in [0.1, 0.15) is 17.8 Å². The van der Waals surface area contributed by atoms with Crippen molar-refractivity contribution in [3.63, 3.8) is 0 Å². The molecule has 2 aliphatic rings. The second kappa shape index (κ2) is 7.10. The molecule has 0 aliphatic carbocycles. The minimum atomic E-state index is -0.666. The molecular formula is C19H28O5. The van der Waals surface area contributed by atoms with E-state index < -0.39 is 17.7 Å². The van der Waals surface area contributed by atoms with Crippen LogP contribution in [-0.4, -0.2) is 41.6 Å². The summed E-state index contributed by atoms with van der Waals surface area (Å²) in [6, 6.07) is 10.1. The van der Waals surface area contributed by atoms with Gasteiger partial charge in [-0.05, 0) is 38.7 Å². The molecule has 0 amide bonds. The fourth-order valence-corrected chi connectivity index (χ4v) is 3.70. The largest absolute Gasteiger partial charge is 0.396 e. The lowest BCUT2D eigenvalue weighted by Gasteiger charge is -2.36. The first kappa shape index (κ1) is 17.8. The Bertz CT molecular complexity index is 532. The smallest absolute Gasteiger partial charge is 0.190 e. The molecule has 5 heteroatoms. The van der Waals surface area contributed by atoms with E-state index in [0.29, 0.717) is 13.0 Å². The summed E-state index contributed by atoms with van der Waals surface area (Å²) in [6.07, 6.45) is 1.29. The van der Waals surface area contributed by atoms with Gasteiger partial charge >= 0.3 is 0 Å². The van der Waals surface area contributed by atoms with Gasteiger partial charge in [-0.2, -0.15) is 0 Å². The highest BCUT2D eigenvalue weighted by molar-refractivity contribution is 5.14. The number of aliphatic hydroxyl groups is 1. The van der Waals surface area contributed by atoms with Crippen LogP contribution in [0, 0.1) is 0 Å². The summed E-state index contributed by atoms with van der Waals surface area (Å²) in [5, 5.41) is 9.26. The highest BCUT2D eigenvalue weighted by Gasteiger charge is 2.61. The minimum Gasteiger partial charge on any atom is -0.396 e. The quantitative estimate of drug-likeness (QED) is 0.829. The Balaban J connectivity index is 1.78. The normalized spacial score (nSPS) is 34.4. The van der Waals surface area contributed by atoms with Crippen molar-refractivity contribution in [1.82, 2.24) is 0 Å². The maximum absolute atomic E-state index is 9.26. The SMILES string of the molecule is CC[C@]1(CCCO)O[C@@H]2OC(C)(C)O[C@H]2C1OCc1ccccc1. The van der Waals surface area contributed by atoms with Gasteiger partial charge in [0.15, 0.2) is 12.1 Å². The summed E-state index contributed by atoms with van der Waals surface area (Å²) >= 11 is 0. The van der Waals surface area contributed by atoms with Crippen molar-refractivity contribution in [3.05, 3.63) is 35.9 Å². The van der Waals surface area contributed by atoms with Gasteiger partial charge in [0.25, 0.3) is 0 Å². The van der Waals surface area contributed by atoms with Crippen molar-refractivity contribution in [1.29, 1.82) is 0 Å². The molecule has 2 aliphatic heterocycles. The van der Waals surface area contributed by atoms with E-state index in [-0.39, 0.29) is 18.8 Å². The fraction of sp³-hybridized carbons (Fsp3) is 0.684. The van der Waals surface area contributed by atoms with Crippen molar-refractivity contribution in [2.75, 3.05) is 6.61 Å². The summed E-state index contributed by atoms with van der Waals surface area (Å²) in [7, 11) is 0. The molecule has 1 N–H and O–H groups in total. The Morgan fingerprint density at radius 3 is 2.54 bits per heavy atom. The average Bonchev–Trinajstić information content (AvgIpc) is 3.01. The summed E-state index contributed by atoms with van der Waals surface area (Å²) in [5.41, 5.74) is 0.634. The Hall–Kier alpha value is -0.980. The molecule has 0 aromatic heterocycles. The predicted molar refractivity (Wildman–Crippen MR) is 89.3 cm³/mol. The Morgan fingerprint density at radius 1 is 1.12 bits per heavy atom. The average molecular weight is 336 g/mol. The lowest BCUT2D eigenvalue weighted by atomic mass is 9.87. The molecule has 2 heterocycles. The number of hydrogen-bond donors (Lipinski definition) is 1. The van der Waals surface area contributed by atoms with Crippen LogP contribution in [0.25, 0.3) is 0 Å². The molecule has 24 heavy (non-hydrogen) atoms. The van der Waals surface area contributed by atoms with Gasteiger partial charge in [-0.3, -0.25) is 0 Å². The third kappa shape index (κ3) is 3.51. The van der Waals surface area contributed by atoms with Crippen LogP contribution < -0.4 is 0 Å². The fourth-order valence-electron chi connectivity index (χ4n) is 3.70. The molecule has 2 fully saturated rings. The Labute approximate surface area is 143 Å². The van der Waals surface area contributed by atoms with Crippen LogP contribution in [0.5, 0.6) is 0 Å². The Kier molecular flexibility index (Phi) is 5.27. The van der Waals surface area contributed by atoms with Gasteiger partial charge in [-0.15, -0.1) is 0 Å². The van der Waals surface area contributed by atoms with Crippen LogP contribution in [0.15, 0.2) is 30.3 Å². The van der Waals surface area contributed by atoms with Crippen LogP contribution in [-0.2, 0) is 25.6 Å². The van der Waals surface area contributed by atoms with Crippen LogP contribution in [0.4, 0.5) is 0 Å². The molecule has 0 bridgehead atoms. The highest BCUT2D eigenvalue weighted by atomic mass is 16.8. The summed E-state index contributed by atoms with van der Waals surface area (Å²) in [6.45, 7) is 6.51. The third-order valence-electron chi connectivity index (χ3n) is 4.88. The van der Waals surface area contributed by atoms with E-state index >= 15 is 0 Å². The molecule has 1 aromatic rings. The maximum atomic E-state index is 9.26. The second-order valence-corrected chi connectivity index (χ2v) is 7.05. The number of fused-ring (bicyclic) bond motifs is 1. The molecule has 134 valence electrons. The zero-order valence-corrected chi connectivity index (χ0v) is 14.7. The van der Waals surface area contributed by atoms with E-state index in [0.717, 1.165) is 18.4 Å². The van der Waals surface area contributed by atoms with Gasteiger partial charge in [-0.1, -0.05) is 37.3 Å². The first-order chi connectivity index (χ1) is 11.5. The molecule has 4 atom stereocenters. The zero-order chi connectivity index (χ0) is 17.2. The molecular weight excluding hydrogens is 308 g/mol. The number of ether oxygens (including phenoxy) is 4. The van der Waals surface area contributed by atoms with Gasteiger partial charge in [-0.25, -0.2) is 0 Å². The van der Waals surface area contributed by atoms with Crippen LogP contribution >= 0.6 is 0 Å². The molecule has 5 nitrogen and oxygen atoms in total. The molecule has 2 saturated heterocycles. The van der Waals surface area contributed by atoms with Crippen molar-refractivity contribution in [2.45, 2.75) is 76.5 Å². The summed E-state index contributed by atoms with van der Waals surface area (Å²) < 4.78 is 24.5. The van der Waals surface area contributed by atoms with Crippen molar-refractivity contribution in [2.24, 2.45) is 0 Å². The Morgan fingerprint density at radius 2 is 1.88 bits per heavy atom. The topological polar surface area (TPSA) is 57.2 Å². The van der Waals surface area contributed by atoms with Crippen molar-refractivity contribution < 1.29 is 24.1 Å². The van der Waals surface area contributed by atoms with Crippen LogP contribution in [0.1, 0.15) is 45.6 Å². The standard InChI is InChI=1S/C19H28O5/c1-4-19(11-8-12-20)16(21-13-14-9-6-5-7-10-14)15-17(24-19)23-18(2,3)22-15/h5-7,9-10,15-17,20H,4,8,11-13H2,1-3H3/t15-,16?,17-,19+/m0/s1. The molecule has 3 rings (SSSR count). The maximum Gasteiger partial charge on any atom is 0.190 e. The minimum absolute atomic E-state index is 0.138. The number of benzene rings is 1. The highest BCUT2D eigenvalue weighted by Crippen LogP contribution is 2.47. The van der Waals surface area contributed by atoms with Gasteiger partial charge in [0.2, 0.25) is 0 Å². The van der Waals surface area contributed by atoms with Gasteiger partial charge in [0.05, 0.1) is 6.61 Å². The number of rotatable bonds is 7. The first-order valence-electron chi connectivity index (χ1n) is 8.79. The number of aliphatic hydroxyl groups excluding tert-OH is 1. The van der Waals surface area contributed by atoms with Crippen molar-refractivity contribution >= 4 is 0 Å². The van der Waals surface area contributed by atoms with Crippen molar-refractivity contribution in [3.8, 4) is 0 Å². The summed E-state index contributed by atoms with van der Waals surface area (Å²) in [4.78, 5) is 0. The number of hydrogen-bond acceptors (Lipinski definition) is 5. The van der Waals surface area contributed by atoms with Crippen LogP contribution in [0.2, 0.25) is 0 Å². The molecule has 1 aromatic carbocycles.